The molecule has 0 saturated carbocycles. The molecule has 104 valence electrons. The Hall–Kier alpha value is -2.35. The molecule has 0 radical (unpaired) electrons. The maximum Gasteiger partial charge on any atom is 0.420 e. The van der Waals surface area contributed by atoms with Crippen LogP contribution >= 0.6 is 0 Å². The average Bonchev–Trinajstić information content (AvgIpc) is 2.76. The molecule has 0 saturated heterocycles. The molecule has 0 bridgehead atoms. The summed E-state index contributed by atoms with van der Waals surface area (Å²) in [5.74, 6) is 0.408. The number of carbonyl (C=O) groups excluding carboxylic acids is 1. The van der Waals surface area contributed by atoms with Gasteiger partial charge in [-0.25, -0.2) is 14.3 Å². The second-order valence-corrected chi connectivity index (χ2v) is 5.17. The molecule has 2 aromatic rings. The highest BCUT2D eigenvalue weighted by Crippen LogP contribution is 2.20. The summed E-state index contributed by atoms with van der Waals surface area (Å²) < 4.78 is 6.89. The van der Waals surface area contributed by atoms with E-state index in [1.54, 1.807) is 6.07 Å². The third-order valence-electron chi connectivity index (χ3n) is 3.27. The summed E-state index contributed by atoms with van der Waals surface area (Å²) in [5, 5.41) is 8.87. The van der Waals surface area contributed by atoms with Crippen LogP contribution in [0.5, 0.6) is 0 Å². The molecule has 5 heteroatoms. The zero-order chi connectivity index (χ0) is 14.8. The van der Waals surface area contributed by atoms with Crippen LogP contribution in [-0.2, 0) is 11.2 Å². The first-order valence-corrected chi connectivity index (χ1v) is 6.55. The maximum absolute atomic E-state index is 12.4. The van der Waals surface area contributed by atoms with Crippen molar-refractivity contribution in [1.82, 2.24) is 9.55 Å². The van der Waals surface area contributed by atoms with Gasteiger partial charge in [-0.2, -0.15) is 5.26 Å². The molecule has 0 N–H and O–H groups in total. The normalized spacial score (nSPS) is 11.3. The van der Waals surface area contributed by atoms with Gasteiger partial charge in [0.15, 0.2) is 0 Å². The SMILES string of the molecule is CCC(C)(C)OC(=O)n1c(CC#N)nc2ccccc21. The van der Waals surface area contributed by atoms with E-state index >= 15 is 0 Å². The van der Waals surface area contributed by atoms with Crippen molar-refractivity contribution in [2.75, 3.05) is 0 Å². The minimum absolute atomic E-state index is 0.0658. The quantitative estimate of drug-likeness (QED) is 0.859. The molecule has 0 atom stereocenters. The number of nitrogens with zero attached hydrogens (tertiary/aromatic N) is 3. The lowest BCUT2D eigenvalue weighted by molar-refractivity contribution is 0.0374. The molecule has 0 aliphatic carbocycles. The van der Waals surface area contributed by atoms with Crippen LogP contribution in [0.3, 0.4) is 0 Å². The van der Waals surface area contributed by atoms with Crippen molar-refractivity contribution in [1.29, 1.82) is 5.26 Å². The molecule has 2 rings (SSSR count). The lowest BCUT2D eigenvalue weighted by Crippen LogP contribution is -2.30. The zero-order valence-corrected chi connectivity index (χ0v) is 11.9. The first-order chi connectivity index (χ1) is 9.48. The molecule has 1 heterocycles. The number of ether oxygens (including phenoxy) is 1. The average molecular weight is 271 g/mol. The fraction of sp³-hybridized carbons (Fsp3) is 0.400. The predicted molar refractivity (Wildman–Crippen MR) is 75.3 cm³/mol. The fourth-order valence-corrected chi connectivity index (χ4v) is 1.82. The van der Waals surface area contributed by atoms with Gasteiger partial charge in [-0.1, -0.05) is 19.1 Å². The van der Waals surface area contributed by atoms with E-state index in [9.17, 15) is 4.79 Å². The monoisotopic (exact) mass is 271 g/mol. The van der Waals surface area contributed by atoms with Crippen LogP contribution < -0.4 is 0 Å². The molecular weight excluding hydrogens is 254 g/mol. The minimum Gasteiger partial charge on any atom is -0.443 e. The Morgan fingerprint density at radius 2 is 2.15 bits per heavy atom. The second-order valence-electron chi connectivity index (χ2n) is 5.17. The van der Waals surface area contributed by atoms with Crippen molar-refractivity contribution in [2.24, 2.45) is 0 Å². The number of imidazole rings is 1. The van der Waals surface area contributed by atoms with Gasteiger partial charge < -0.3 is 4.74 Å². The topological polar surface area (TPSA) is 67.9 Å². The summed E-state index contributed by atoms with van der Waals surface area (Å²) in [7, 11) is 0. The van der Waals surface area contributed by atoms with E-state index in [1.807, 2.05) is 45.0 Å². The third-order valence-corrected chi connectivity index (χ3v) is 3.27. The highest BCUT2D eigenvalue weighted by atomic mass is 16.6. The number of rotatable bonds is 3. The molecule has 0 amide bonds. The number of nitriles is 1. The van der Waals surface area contributed by atoms with E-state index in [2.05, 4.69) is 4.98 Å². The fourth-order valence-electron chi connectivity index (χ4n) is 1.82. The minimum atomic E-state index is -0.549. The molecule has 0 aliphatic heterocycles. The van der Waals surface area contributed by atoms with Gasteiger partial charge in [0, 0.05) is 0 Å². The number of fused-ring (bicyclic) bond motifs is 1. The van der Waals surface area contributed by atoms with Gasteiger partial charge in [-0.3, -0.25) is 0 Å². The van der Waals surface area contributed by atoms with Crippen LogP contribution in [-0.4, -0.2) is 21.2 Å². The van der Waals surface area contributed by atoms with E-state index in [-0.39, 0.29) is 6.42 Å². The van der Waals surface area contributed by atoms with Gasteiger partial charge in [0.2, 0.25) is 0 Å². The van der Waals surface area contributed by atoms with Gasteiger partial charge in [-0.15, -0.1) is 0 Å². The third kappa shape index (κ3) is 2.64. The summed E-state index contributed by atoms with van der Waals surface area (Å²) in [6.07, 6.45) is 0.283. The Bertz CT molecular complexity index is 680. The first-order valence-electron chi connectivity index (χ1n) is 6.55. The van der Waals surface area contributed by atoms with Crippen molar-refractivity contribution < 1.29 is 9.53 Å². The summed E-state index contributed by atoms with van der Waals surface area (Å²) in [5.41, 5.74) is 0.797. The summed E-state index contributed by atoms with van der Waals surface area (Å²) >= 11 is 0. The molecule has 0 spiro atoms. The molecule has 20 heavy (non-hydrogen) atoms. The Labute approximate surface area is 117 Å². The first kappa shape index (κ1) is 14.1. The Morgan fingerprint density at radius 1 is 1.45 bits per heavy atom. The Balaban J connectivity index is 2.49. The smallest absolute Gasteiger partial charge is 0.420 e. The predicted octanol–water partition coefficient (Wildman–Crippen LogP) is 3.28. The number of aromatic nitrogens is 2. The van der Waals surface area contributed by atoms with Crippen LogP contribution in [0.2, 0.25) is 0 Å². The summed E-state index contributed by atoms with van der Waals surface area (Å²) in [4.78, 5) is 16.7. The van der Waals surface area contributed by atoms with Crippen LogP contribution in [0.4, 0.5) is 4.79 Å². The van der Waals surface area contributed by atoms with Gasteiger partial charge in [0.25, 0.3) is 0 Å². The van der Waals surface area contributed by atoms with Crippen molar-refractivity contribution in [3.05, 3.63) is 30.1 Å². The van der Waals surface area contributed by atoms with E-state index < -0.39 is 11.7 Å². The molecule has 1 aromatic heterocycles. The van der Waals surface area contributed by atoms with E-state index in [1.165, 1.54) is 4.57 Å². The molecular formula is C15H17N3O2. The molecule has 0 unspecified atom stereocenters. The molecule has 1 aromatic carbocycles. The van der Waals surface area contributed by atoms with Crippen molar-refractivity contribution in [2.45, 2.75) is 39.2 Å². The van der Waals surface area contributed by atoms with E-state index in [4.69, 9.17) is 10.00 Å². The van der Waals surface area contributed by atoms with E-state index in [0.717, 1.165) is 0 Å². The largest absolute Gasteiger partial charge is 0.443 e. The molecule has 5 nitrogen and oxygen atoms in total. The number of para-hydroxylation sites is 2. The van der Waals surface area contributed by atoms with Gasteiger partial charge in [0.1, 0.15) is 11.4 Å². The van der Waals surface area contributed by atoms with Crippen molar-refractivity contribution in [3.63, 3.8) is 0 Å². The van der Waals surface area contributed by atoms with Gasteiger partial charge in [-0.05, 0) is 32.4 Å². The maximum atomic E-state index is 12.4. The second kappa shape index (κ2) is 5.33. The molecule has 0 fully saturated rings. The van der Waals surface area contributed by atoms with Crippen LogP contribution in [0, 0.1) is 11.3 Å². The number of hydrogen-bond acceptors (Lipinski definition) is 4. The highest BCUT2D eigenvalue weighted by molar-refractivity contribution is 5.87. The highest BCUT2D eigenvalue weighted by Gasteiger charge is 2.24. The zero-order valence-electron chi connectivity index (χ0n) is 11.9. The van der Waals surface area contributed by atoms with Crippen molar-refractivity contribution >= 4 is 17.1 Å². The molecule has 0 aliphatic rings. The summed E-state index contributed by atoms with van der Waals surface area (Å²) in [6, 6.07) is 9.30. The lowest BCUT2D eigenvalue weighted by atomic mass is 10.1. The van der Waals surface area contributed by atoms with Crippen LogP contribution in [0.1, 0.15) is 33.0 Å². The van der Waals surface area contributed by atoms with Crippen LogP contribution in [0.15, 0.2) is 24.3 Å². The van der Waals surface area contributed by atoms with Gasteiger partial charge >= 0.3 is 6.09 Å². The number of hydrogen-bond donors (Lipinski definition) is 0. The Kier molecular flexibility index (Phi) is 3.75. The standard InChI is InChI=1S/C15H17N3O2/c1-4-15(2,3)20-14(19)18-12-8-6-5-7-11(12)17-13(18)9-10-16/h5-8H,4,9H2,1-3H3. The van der Waals surface area contributed by atoms with Gasteiger partial charge in [0.05, 0.1) is 23.5 Å². The van der Waals surface area contributed by atoms with E-state index in [0.29, 0.717) is 23.3 Å². The van der Waals surface area contributed by atoms with Crippen LogP contribution in [0.25, 0.3) is 11.0 Å². The van der Waals surface area contributed by atoms with Crippen molar-refractivity contribution in [3.8, 4) is 6.07 Å². The Morgan fingerprint density at radius 3 is 2.80 bits per heavy atom. The number of benzene rings is 1. The summed E-state index contributed by atoms with van der Waals surface area (Å²) in [6.45, 7) is 5.66. The number of carbonyl (C=O) groups is 1. The lowest BCUT2D eigenvalue weighted by Gasteiger charge is -2.23.